The van der Waals surface area contributed by atoms with Gasteiger partial charge in [-0.2, -0.15) is 0 Å². The molecule has 0 amide bonds. The zero-order valence-corrected chi connectivity index (χ0v) is 10.8. The normalized spacial score (nSPS) is 25.9. The van der Waals surface area contributed by atoms with E-state index >= 15 is 0 Å². The van der Waals surface area contributed by atoms with Crippen LogP contribution in [-0.4, -0.2) is 13.1 Å². The van der Waals surface area contributed by atoms with Crippen LogP contribution in [0.1, 0.15) is 33.6 Å². The van der Waals surface area contributed by atoms with Gasteiger partial charge < -0.3 is 5.32 Å². The molecule has 0 N–H and O–H groups in total. The average Bonchev–Trinajstić information content (AvgIpc) is 1.88. The van der Waals surface area contributed by atoms with Crippen LogP contribution in [0.15, 0.2) is 0 Å². The van der Waals surface area contributed by atoms with Crippen molar-refractivity contribution in [2.24, 2.45) is 11.3 Å². The summed E-state index contributed by atoms with van der Waals surface area (Å²) in [6.45, 7) is 9.16. The van der Waals surface area contributed by atoms with Crippen molar-refractivity contribution in [2.45, 2.75) is 33.6 Å². The summed E-state index contributed by atoms with van der Waals surface area (Å²) in [6.07, 6.45) is 2.69. The van der Waals surface area contributed by atoms with E-state index in [1.54, 1.807) is 0 Å². The molecule has 0 aromatic rings. The molecule has 0 bridgehead atoms. The van der Waals surface area contributed by atoms with Gasteiger partial charge in [0.15, 0.2) is 0 Å². The Hall–Kier alpha value is 1.06. The van der Waals surface area contributed by atoms with Gasteiger partial charge in [-0.25, -0.2) is 0 Å². The Kier molecular flexibility index (Phi) is 5.42. The van der Waals surface area contributed by atoms with E-state index in [2.05, 4.69) is 26.1 Å². The molecule has 0 spiro atoms. The van der Waals surface area contributed by atoms with Crippen molar-refractivity contribution in [3.05, 3.63) is 5.32 Å². The fourth-order valence-electron chi connectivity index (χ4n) is 1.49. The SMILES string of the molecule is CC(C)(C)C1CCC[N-]C1.[Y]. The fraction of sp³-hybridized carbons (Fsp3) is 1.00. The molecule has 1 nitrogen and oxygen atoms in total. The van der Waals surface area contributed by atoms with Crippen LogP contribution in [0.4, 0.5) is 0 Å². The van der Waals surface area contributed by atoms with Gasteiger partial charge in [0.05, 0.1) is 0 Å². The van der Waals surface area contributed by atoms with E-state index in [4.69, 9.17) is 0 Å². The maximum Gasteiger partial charge on any atom is 0 e. The first-order chi connectivity index (χ1) is 4.61. The molecule has 1 fully saturated rings. The summed E-state index contributed by atoms with van der Waals surface area (Å²) in [5.41, 5.74) is 0.476. The van der Waals surface area contributed by atoms with Crippen LogP contribution in [0.25, 0.3) is 5.32 Å². The molecule has 1 aliphatic heterocycles. The van der Waals surface area contributed by atoms with Crippen LogP contribution >= 0.6 is 0 Å². The molecule has 11 heavy (non-hydrogen) atoms. The molecule has 1 rings (SSSR count). The number of nitrogens with zero attached hydrogens (tertiary/aromatic N) is 1. The van der Waals surface area contributed by atoms with E-state index in [0.29, 0.717) is 5.41 Å². The molecule has 0 aliphatic carbocycles. The summed E-state index contributed by atoms with van der Waals surface area (Å²) in [5, 5.41) is 4.42. The second-order valence-corrected chi connectivity index (χ2v) is 4.33. The van der Waals surface area contributed by atoms with Gasteiger partial charge in [-0.05, 0) is 5.41 Å². The zero-order valence-electron chi connectivity index (χ0n) is 7.93. The molecule has 63 valence electrons. The molecular formula is C9H18NY-. The molecular weight excluding hydrogens is 211 g/mol. The Morgan fingerprint density at radius 2 is 1.91 bits per heavy atom. The van der Waals surface area contributed by atoms with Gasteiger partial charge in [0.1, 0.15) is 0 Å². The third kappa shape index (κ3) is 4.01. The molecule has 0 aromatic heterocycles. The van der Waals surface area contributed by atoms with Crippen molar-refractivity contribution in [1.29, 1.82) is 0 Å². The number of piperidine rings is 1. The molecule has 0 aromatic carbocycles. The molecule has 0 saturated carbocycles. The van der Waals surface area contributed by atoms with E-state index in [0.717, 1.165) is 19.0 Å². The van der Waals surface area contributed by atoms with Crippen molar-refractivity contribution in [3.8, 4) is 0 Å². The predicted molar refractivity (Wildman–Crippen MR) is 45.3 cm³/mol. The number of hydrogen-bond donors (Lipinski definition) is 0. The number of hydrogen-bond acceptors (Lipinski definition) is 0. The molecule has 1 radical (unpaired) electrons. The van der Waals surface area contributed by atoms with Gasteiger partial charge in [0, 0.05) is 32.7 Å². The molecule has 1 atom stereocenters. The smallest absolute Gasteiger partial charge is 0 e. The standard InChI is InChI=1S/C9H18N.Y/c1-9(2,3)8-5-4-6-10-7-8;/h8H,4-7H2,1-3H3;/q-1;. The maximum absolute atomic E-state index is 4.42. The van der Waals surface area contributed by atoms with E-state index in [9.17, 15) is 0 Å². The Bertz CT molecular complexity index is 101. The van der Waals surface area contributed by atoms with Gasteiger partial charge in [-0.3, -0.25) is 0 Å². The minimum absolute atomic E-state index is 0. The molecule has 1 heterocycles. The molecule has 1 unspecified atom stereocenters. The van der Waals surface area contributed by atoms with Gasteiger partial charge in [-0.1, -0.05) is 39.5 Å². The number of rotatable bonds is 0. The molecule has 1 aliphatic rings. The van der Waals surface area contributed by atoms with Crippen molar-refractivity contribution < 1.29 is 32.7 Å². The third-order valence-electron chi connectivity index (χ3n) is 2.44. The summed E-state index contributed by atoms with van der Waals surface area (Å²) in [6, 6.07) is 0. The van der Waals surface area contributed by atoms with Crippen LogP contribution in [0.3, 0.4) is 0 Å². The first-order valence-electron chi connectivity index (χ1n) is 4.24. The van der Waals surface area contributed by atoms with Gasteiger partial charge in [0.25, 0.3) is 0 Å². The summed E-state index contributed by atoms with van der Waals surface area (Å²) >= 11 is 0. The zero-order chi connectivity index (χ0) is 7.61. The largest absolute Gasteiger partial charge is 0.662 e. The second-order valence-electron chi connectivity index (χ2n) is 4.33. The average molecular weight is 229 g/mol. The summed E-state index contributed by atoms with van der Waals surface area (Å²) in [5.74, 6) is 0.834. The van der Waals surface area contributed by atoms with Gasteiger partial charge in [0.2, 0.25) is 0 Å². The molecule has 2 heteroatoms. The van der Waals surface area contributed by atoms with Gasteiger partial charge >= 0.3 is 0 Å². The monoisotopic (exact) mass is 229 g/mol. The minimum Gasteiger partial charge on any atom is -0.662 e. The Labute approximate surface area is 95.6 Å². The summed E-state index contributed by atoms with van der Waals surface area (Å²) < 4.78 is 0. The maximum atomic E-state index is 4.42. The van der Waals surface area contributed by atoms with Crippen molar-refractivity contribution in [1.82, 2.24) is 0 Å². The van der Waals surface area contributed by atoms with Crippen LogP contribution < -0.4 is 0 Å². The molecule has 1 saturated heterocycles. The predicted octanol–water partition coefficient (Wildman–Crippen LogP) is 2.81. The van der Waals surface area contributed by atoms with E-state index in [-0.39, 0.29) is 32.7 Å². The van der Waals surface area contributed by atoms with Crippen LogP contribution in [0, 0.1) is 11.3 Å². The Morgan fingerprint density at radius 1 is 1.27 bits per heavy atom. The van der Waals surface area contributed by atoms with Crippen molar-refractivity contribution in [2.75, 3.05) is 13.1 Å². The summed E-state index contributed by atoms with van der Waals surface area (Å²) in [4.78, 5) is 0. The quantitative estimate of drug-likeness (QED) is 0.606. The Morgan fingerprint density at radius 3 is 2.18 bits per heavy atom. The second kappa shape index (κ2) is 4.94. The third-order valence-corrected chi connectivity index (χ3v) is 2.44. The van der Waals surface area contributed by atoms with E-state index in [1.807, 2.05) is 0 Å². The van der Waals surface area contributed by atoms with Gasteiger partial charge in [-0.15, -0.1) is 13.1 Å². The van der Waals surface area contributed by atoms with Crippen LogP contribution in [0.2, 0.25) is 0 Å². The Balaban J connectivity index is 0.000001000. The van der Waals surface area contributed by atoms with E-state index in [1.165, 1.54) is 12.8 Å². The first-order valence-corrected chi connectivity index (χ1v) is 4.24. The van der Waals surface area contributed by atoms with E-state index < -0.39 is 0 Å². The topological polar surface area (TPSA) is 14.1 Å². The van der Waals surface area contributed by atoms with Crippen molar-refractivity contribution in [3.63, 3.8) is 0 Å². The first kappa shape index (κ1) is 12.1. The van der Waals surface area contributed by atoms with Crippen LogP contribution in [0.5, 0.6) is 0 Å². The minimum atomic E-state index is 0. The fourth-order valence-corrected chi connectivity index (χ4v) is 1.49. The van der Waals surface area contributed by atoms with Crippen molar-refractivity contribution >= 4 is 0 Å². The van der Waals surface area contributed by atoms with Crippen LogP contribution in [-0.2, 0) is 32.7 Å². The summed E-state index contributed by atoms with van der Waals surface area (Å²) in [7, 11) is 0.